The molecule has 20 heavy (non-hydrogen) atoms. The Balaban J connectivity index is 1.67. The average Bonchev–Trinajstić information content (AvgIpc) is 3.04. The molecule has 0 aromatic rings. The van der Waals surface area contributed by atoms with Crippen molar-refractivity contribution in [3.8, 4) is 0 Å². The molecule has 2 aliphatic rings. The molecule has 1 saturated carbocycles. The first-order valence-corrected chi connectivity index (χ1v) is 7.38. The van der Waals surface area contributed by atoms with E-state index in [2.05, 4.69) is 10.6 Å². The standard InChI is InChI=1S/C14H24N2O4/c1-10(2)7-15-12(17)13(18)16-8-11-9-19-14(20-11)5-3-4-6-14/h10-11H,3-9H2,1-2H3,(H,15,17)(H,16,18). The molecule has 0 bridgehead atoms. The molecule has 1 aliphatic carbocycles. The number of hydrogen-bond donors (Lipinski definition) is 2. The number of amides is 2. The molecule has 6 heteroatoms. The number of nitrogens with one attached hydrogen (secondary N) is 2. The molecule has 0 aromatic heterocycles. The van der Waals surface area contributed by atoms with Crippen LogP contribution in [0, 0.1) is 5.92 Å². The SMILES string of the molecule is CC(C)CNC(=O)C(=O)NCC1COC2(CCCC2)O1. The summed E-state index contributed by atoms with van der Waals surface area (Å²) in [5.74, 6) is -1.30. The molecule has 0 aromatic carbocycles. The van der Waals surface area contributed by atoms with Gasteiger partial charge in [-0.3, -0.25) is 9.59 Å². The molecule has 0 radical (unpaired) electrons. The zero-order valence-corrected chi connectivity index (χ0v) is 12.2. The van der Waals surface area contributed by atoms with Crippen LogP contribution in [0.4, 0.5) is 0 Å². The second-order valence-electron chi connectivity index (χ2n) is 5.98. The Morgan fingerprint density at radius 1 is 1.20 bits per heavy atom. The van der Waals surface area contributed by atoms with E-state index in [1.54, 1.807) is 0 Å². The smallest absolute Gasteiger partial charge is 0.309 e. The number of carbonyl (C=O) groups is 2. The molecule has 1 unspecified atom stereocenters. The Bertz CT molecular complexity index is 364. The lowest BCUT2D eigenvalue weighted by molar-refractivity contribution is -0.161. The topological polar surface area (TPSA) is 76.7 Å². The minimum atomic E-state index is -0.610. The summed E-state index contributed by atoms with van der Waals surface area (Å²) in [6.45, 7) is 5.24. The van der Waals surface area contributed by atoms with Gasteiger partial charge >= 0.3 is 11.8 Å². The maximum absolute atomic E-state index is 11.6. The molecule has 2 fully saturated rings. The van der Waals surface area contributed by atoms with Crippen LogP contribution in [0.5, 0.6) is 0 Å². The van der Waals surface area contributed by atoms with Crippen LogP contribution in [-0.2, 0) is 19.1 Å². The van der Waals surface area contributed by atoms with Crippen molar-refractivity contribution < 1.29 is 19.1 Å². The number of hydrogen-bond acceptors (Lipinski definition) is 4. The van der Waals surface area contributed by atoms with E-state index < -0.39 is 17.6 Å². The Morgan fingerprint density at radius 3 is 2.50 bits per heavy atom. The van der Waals surface area contributed by atoms with Crippen LogP contribution in [0.15, 0.2) is 0 Å². The van der Waals surface area contributed by atoms with E-state index in [1.807, 2.05) is 13.8 Å². The van der Waals surface area contributed by atoms with Crippen molar-refractivity contribution in [2.24, 2.45) is 5.92 Å². The van der Waals surface area contributed by atoms with Crippen LogP contribution in [0.1, 0.15) is 39.5 Å². The van der Waals surface area contributed by atoms with Gasteiger partial charge < -0.3 is 20.1 Å². The lowest BCUT2D eigenvalue weighted by Gasteiger charge is -2.21. The molecule has 1 spiro atoms. The van der Waals surface area contributed by atoms with Crippen LogP contribution in [0.2, 0.25) is 0 Å². The van der Waals surface area contributed by atoms with Gasteiger partial charge in [0.15, 0.2) is 5.79 Å². The highest BCUT2D eigenvalue weighted by Gasteiger charge is 2.43. The maximum atomic E-state index is 11.6. The summed E-state index contributed by atoms with van der Waals surface area (Å²) < 4.78 is 11.6. The number of ether oxygens (including phenoxy) is 2. The molecule has 2 rings (SSSR count). The van der Waals surface area contributed by atoms with Gasteiger partial charge in [0.1, 0.15) is 6.10 Å². The number of rotatable bonds is 4. The van der Waals surface area contributed by atoms with Gasteiger partial charge in [-0.15, -0.1) is 0 Å². The van der Waals surface area contributed by atoms with Gasteiger partial charge in [-0.25, -0.2) is 0 Å². The first-order chi connectivity index (χ1) is 9.51. The average molecular weight is 284 g/mol. The molecule has 1 atom stereocenters. The van der Waals surface area contributed by atoms with Gasteiger partial charge in [-0.2, -0.15) is 0 Å². The fourth-order valence-electron chi connectivity index (χ4n) is 2.56. The summed E-state index contributed by atoms with van der Waals surface area (Å²) in [5, 5.41) is 5.18. The highest BCUT2D eigenvalue weighted by atomic mass is 16.7. The summed E-state index contributed by atoms with van der Waals surface area (Å²) in [6.07, 6.45) is 3.93. The normalized spacial score (nSPS) is 24.2. The van der Waals surface area contributed by atoms with Crippen molar-refractivity contribution in [1.29, 1.82) is 0 Å². The molecule has 1 saturated heterocycles. The van der Waals surface area contributed by atoms with E-state index in [0.717, 1.165) is 25.7 Å². The van der Waals surface area contributed by atoms with Crippen molar-refractivity contribution in [2.45, 2.75) is 51.4 Å². The highest BCUT2D eigenvalue weighted by Crippen LogP contribution is 2.38. The predicted octanol–water partition coefficient (Wildman–Crippen LogP) is 0.561. The summed E-state index contributed by atoms with van der Waals surface area (Å²) in [6, 6.07) is 0. The quantitative estimate of drug-likeness (QED) is 0.740. The van der Waals surface area contributed by atoms with Gasteiger partial charge in [0.05, 0.1) is 6.61 Å². The molecular formula is C14H24N2O4. The Labute approximate surface area is 119 Å². The predicted molar refractivity (Wildman–Crippen MR) is 72.9 cm³/mol. The third-order valence-corrected chi connectivity index (χ3v) is 3.65. The van der Waals surface area contributed by atoms with E-state index in [-0.39, 0.29) is 6.10 Å². The largest absolute Gasteiger partial charge is 0.348 e. The molecule has 1 heterocycles. The summed E-state index contributed by atoms with van der Waals surface area (Å²) in [4.78, 5) is 23.1. The van der Waals surface area contributed by atoms with E-state index in [4.69, 9.17) is 9.47 Å². The van der Waals surface area contributed by atoms with Gasteiger partial charge in [0.2, 0.25) is 0 Å². The minimum Gasteiger partial charge on any atom is -0.348 e. The maximum Gasteiger partial charge on any atom is 0.309 e. The summed E-state index contributed by atoms with van der Waals surface area (Å²) in [7, 11) is 0. The highest BCUT2D eigenvalue weighted by molar-refractivity contribution is 6.35. The van der Waals surface area contributed by atoms with Gasteiger partial charge in [-0.05, 0) is 18.8 Å². The van der Waals surface area contributed by atoms with Crippen LogP contribution in [0.3, 0.4) is 0 Å². The number of carbonyl (C=O) groups excluding carboxylic acids is 2. The molecule has 2 N–H and O–H groups in total. The Morgan fingerprint density at radius 2 is 1.85 bits per heavy atom. The lowest BCUT2D eigenvalue weighted by atomic mass is 10.2. The third kappa shape index (κ3) is 3.93. The third-order valence-electron chi connectivity index (χ3n) is 3.65. The van der Waals surface area contributed by atoms with Crippen molar-refractivity contribution in [3.05, 3.63) is 0 Å². The first-order valence-electron chi connectivity index (χ1n) is 7.38. The Hall–Kier alpha value is -1.14. The summed E-state index contributed by atoms with van der Waals surface area (Å²) >= 11 is 0. The monoisotopic (exact) mass is 284 g/mol. The van der Waals surface area contributed by atoms with Gasteiger partial charge in [0, 0.05) is 25.9 Å². The Kier molecular flexibility index (Phi) is 4.99. The van der Waals surface area contributed by atoms with Crippen LogP contribution >= 0.6 is 0 Å². The zero-order valence-electron chi connectivity index (χ0n) is 12.2. The second-order valence-corrected chi connectivity index (χ2v) is 5.98. The van der Waals surface area contributed by atoms with Crippen LogP contribution < -0.4 is 10.6 Å². The van der Waals surface area contributed by atoms with Gasteiger partial charge in [0.25, 0.3) is 0 Å². The van der Waals surface area contributed by atoms with Crippen LogP contribution in [0.25, 0.3) is 0 Å². The summed E-state index contributed by atoms with van der Waals surface area (Å²) in [5.41, 5.74) is 0. The molecule has 1 aliphatic heterocycles. The fraction of sp³-hybridized carbons (Fsp3) is 0.857. The molecular weight excluding hydrogens is 260 g/mol. The van der Waals surface area contributed by atoms with E-state index >= 15 is 0 Å². The van der Waals surface area contributed by atoms with Crippen LogP contribution in [-0.4, -0.2) is 43.4 Å². The van der Waals surface area contributed by atoms with Gasteiger partial charge in [-0.1, -0.05) is 13.8 Å². The zero-order chi connectivity index (χ0) is 14.6. The van der Waals surface area contributed by atoms with E-state index in [9.17, 15) is 9.59 Å². The van der Waals surface area contributed by atoms with E-state index in [0.29, 0.717) is 25.6 Å². The molecule has 2 amide bonds. The lowest BCUT2D eigenvalue weighted by Crippen LogP contribution is -2.44. The minimum absolute atomic E-state index is 0.157. The molecule has 114 valence electrons. The van der Waals surface area contributed by atoms with Crippen molar-refractivity contribution >= 4 is 11.8 Å². The first kappa shape index (κ1) is 15.3. The van der Waals surface area contributed by atoms with Crippen molar-refractivity contribution in [3.63, 3.8) is 0 Å². The second kappa shape index (κ2) is 6.54. The van der Waals surface area contributed by atoms with Crippen molar-refractivity contribution in [2.75, 3.05) is 19.7 Å². The molecule has 6 nitrogen and oxygen atoms in total. The van der Waals surface area contributed by atoms with Crippen molar-refractivity contribution in [1.82, 2.24) is 10.6 Å². The van der Waals surface area contributed by atoms with E-state index in [1.165, 1.54) is 0 Å². The fourth-order valence-corrected chi connectivity index (χ4v) is 2.56.